The number of nitrogens with zero attached hydrogens (tertiary/aromatic N) is 1. The molecule has 0 N–H and O–H groups in total. The first-order valence-electron chi connectivity index (χ1n) is 9.27. The zero-order chi connectivity index (χ0) is 23.1. The van der Waals surface area contributed by atoms with Crippen LogP contribution in [0.1, 0.15) is 5.56 Å². The summed E-state index contributed by atoms with van der Waals surface area (Å²) in [6.45, 7) is 0. The van der Waals surface area contributed by atoms with Crippen molar-refractivity contribution in [2.24, 2.45) is 0 Å². The van der Waals surface area contributed by atoms with E-state index in [1.165, 1.54) is 24.4 Å². The van der Waals surface area contributed by atoms with Crippen LogP contribution < -0.4 is 4.74 Å². The van der Waals surface area contributed by atoms with Crippen molar-refractivity contribution in [3.8, 4) is 22.6 Å². The SMILES string of the molecule is CS(=O)(=O)c1cccc(Oc2ccc(Cl)c(-c3ccnc4c(C(F)(F)F)cccc34)c2)c1. The molecule has 0 aliphatic heterocycles. The summed E-state index contributed by atoms with van der Waals surface area (Å²) in [4.78, 5) is 4.04. The Morgan fingerprint density at radius 2 is 1.62 bits per heavy atom. The summed E-state index contributed by atoms with van der Waals surface area (Å²) in [7, 11) is -3.42. The summed E-state index contributed by atoms with van der Waals surface area (Å²) >= 11 is 6.37. The average Bonchev–Trinajstić information content (AvgIpc) is 2.73. The summed E-state index contributed by atoms with van der Waals surface area (Å²) in [5.74, 6) is 0.632. The van der Waals surface area contributed by atoms with E-state index in [0.717, 1.165) is 12.3 Å². The molecule has 164 valence electrons. The number of benzene rings is 3. The molecule has 0 spiro atoms. The molecule has 0 saturated heterocycles. The first-order valence-corrected chi connectivity index (χ1v) is 11.5. The molecule has 0 unspecified atom stereocenters. The largest absolute Gasteiger partial charge is 0.457 e. The Bertz CT molecular complexity index is 1440. The maximum absolute atomic E-state index is 13.4. The molecule has 0 fully saturated rings. The van der Waals surface area contributed by atoms with Gasteiger partial charge in [-0.05, 0) is 54.1 Å². The first-order chi connectivity index (χ1) is 15.0. The second-order valence-electron chi connectivity index (χ2n) is 7.05. The van der Waals surface area contributed by atoms with Gasteiger partial charge in [0.25, 0.3) is 0 Å². The molecule has 32 heavy (non-hydrogen) atoms. The molecule has 0 aliphatic carbocycles. The van der Waals surface area contributed by atoms with Gasteiger partial charge in [-0.3, -0.25) is 4.98 Å². The van der Waals surface area contributed by atoms with Gasteiger partial charge in [-0.1, -0.05) is 29.8 Å². The van der Waals surface area contributed by atoms with Crippen molar-refractivity contribution in [1.29, 1.82) is 0 Å². The van der Waals surface area contributed by atoms with Gasteiger partial charge in [-0.15, -0.1) is 0 Å². The van der Waals surface area contributed by atoms with E-state index < -0.39 is 21.6 Å². The fourth-order valence-corrected chi connectivity index (χ4v) is 4.19. The van der Waals surface area contributed by atoms with Crippen LogP contribution >= 0.6 is 11.6 Å². The highest BCUT2D eigenvalue weighted by Crippen LogP contribution is 2.40. The molecular formula is C23H15ClF3NO3S. The van der Waals surface area contributed by atoms with Crippen LogP contribution in [0.2, 0.25) is 5.02 Å². The van der Waals surface area contributed by atoms with Gasteiger partial charge in [0.2, 0.25) is 0 Å². The molecule has 9 heteroatoms. The van der Waals surface area contributed by atoms with Gasteiger partial charge in [0.1, 0.15) is 11.5 Å². The van der Waals surface area contributed by atoms with Gasteiger partial charge >= 0.3 is 6.18 Å². The number of sulfone groups is 1. The van der Waals surface area contributed by atoms with Crippen molar-refractivity contribution in [2.75, 3.05) is 6.26 Å². The van der Waals surface area contributed by atoms with Gasteiger partial charge in [-0.2, -0.15) is 13.2 Å². The van der Waals surface area contributed by atoms with Gasteiger partial charge in [-0.25, -0.2) is 8.42 Å². The number of aromatic nitrogens is 1. The van der Waals surface area contributed by atoms with E-state index in [9.17, 15) is 21.6 Å². The Morgan fingerprint density at radius 3 is 2.34 bits per heavy atom. The molecule has 0 saturated carbocycles. The van der Waals surface area contributed by atoms with E-state index in [4.69, 9.17) is 16.3 Å². The van der Waals surface area contributed by atoms with E-state index in [-0.39, 0.29) is 10.4 Å². The van der Waals surface area contributed by atoms with Crippen LogP contribution in [0.15, 0.2) is 77.8 Å². The summed E-state index contributed by atoms with van der Waals surface area (Å²) < 4.78 is 69.6. The van der Waals surface area contributed by atoms with Crippen molar-refractivity contribution in [2.45, 2.75) is 11.1 Å². The lowest BCUT2D eigenvalue weighted by atomic mass is 9.99. The number of para-hydroxylation sites is 1. The standard InChI is InChI=1S/C23H15ClF3NO3S/c1-32(29,30)16-5-2-4-14(12-16)31-15-8-9-21(24)19(13-15)17-10-11-28-22-18(17)6-3-7-20(22)23(25,26)27/h2-13H,1H3. The van der Waals surface area contributed by atoms with Gasteiger partial charge in [0, 0.05) is 28.4 Å². The Labute approximate surface area is 187 Å². The van der Waals surface area contributed by atoms with Gasteiger partial charge < -0.3 is 4.74 Å². The molecule has 3 aromatic carbocycles. The number of ether oxygens (including phenoxy) is 1. The number of hydrogen-bond donors (Lipinski definition) is 0. The van der Waals surface area contributed by atoms with Crippen molar-refractivity contribution in [1.82, 2.24) is 4.98 Å². The lowest BCUT2D eigenvalue weighted by Crippen LogP contribution is -2.06. The summed E-state index contributed by atoms with van der Waals surface area (Å²) in [6.07, 6.45) is -2.16. The second-order valence-corrected chi connectivity index (χ2v) is 9.47. The van der Waals surface area contributed by atoms with Crippen molar-refractivity contribution >= 4 is 32.3 Å². The highest BCUT2D eigenvalue weighted by Gasteiger charge is 2.33. The Morgan fingerprint density at radius 1 is 0.906 bits per heavy atom. The third kappa shape index (κ3) is 4.42. The fraction of sp³-hybridized carbons (Fsp3) is 0.0870. The minimum absolute atomic E-state index is 0.101. The van der Waals surface area contributed by atoms with E-state index in [1.807, 2.05) is 0 Å². The zero-order valence-electron chi connectivity index (χ0n) is 16.5. The molecule has 0 aliphatic rings. The summed E-state index contributed by atoms with van der Waals surface area (Å²) in [6, 6.07) is 16.2. The summed E-state index contributed by atoms with van der Waals surface area (Å²) in [5.41, 5.74) is -0.102. The molecule has 4 rings (SSSR count). The minimum Gasteiger partial charge on any atom is -0.457 e. The van der Waals surface area contributed by atoms with Crippen LogP contribution in [0.25, 0.3) is 22.0 Å². The highest BCUT2D eigenvalue weighted by molar-refractivity contribution is 7.90. The van der Waals surface area contributed by atoms with Crippen LogP contribution in [0.4, 0.5) is 13.2 Å². The van der Waals surface area contributed by atoms with E-state index in [1.54, 1.807) is 42.5 Å². The molecule has 0 bridgehead atoms. The van der Waals surface area contributed by atoms with Crippen LogP contribution in [0.5, 0.6) is 11.5 Å². The smallest absolute Gasteiger partial charge is 0.418 e. The monoisotopic (exact) mass is 477 g/mol. The predicted octanol–water partition coefficient (Wildman–Crippen LogP) is 6.77. The van der Waals surface area contributed by atoms with Gasteiger partial charge in [0.15, 0.2) is 9.84 Å². The second kappa shape index (κ2) is 8.11. The Hall–Kier alpha value is -3.10. The molecule has 1 heterocycles. The third-order valence-electron chi connectivity index (χ3n) is 4.77. The maximum Gasteiger partial charge on any atom is 0.418 e. The molecule has 0 radical (unpaired) electrons. The molecular weight excluding hydrogens is 463 g/mol. The lowest BCUT2D eigenvalue weighted by molar-refractivity contribution is -0.136. The zero-order valence-corrected chi connectivity index (χ0v) is 18.1. The minimum atomic E-state index is -4.55. The van der Waals surface area contributed by atoms with Gasteiger partial charge in [0.05, 0.1) is 16.0 Å². The van der Waals surface area contributed by atoms with E-state index >= 15 is 0 Å². The summed E-state index contributed by atoms with van der Waals surface area (Å²) in [5, 5.41) is 0.604. The topological polar surface area (TPSA) is 56.3 Å². The predicted molar refractivity (Wildman–Crippen MR) is 117 cm³/mol. The van der Waals surface area contributed by atoms with Crippen LogP contribution in [0.3, 0.4) is 0 Å². The normalized spacial score (nSPS) is 12.2. The van der Waals surface area contributed by atoms with Crippen LogP contribution in [-0.4, -0.2) is 19.7 Å². The first kappa shape index (κ1) is 22.1. The van der Waals surface area contributed by atoms with Crippen molar-refractivity contribution < 1.29 is 26.3 Å². The molecule has 0 atom stereocenters. The van der Waals surface area contributed by atoms with Crippen molar-refractivity contribution in [3.63, 3.8) is 0 Å². The van der Waals surface area contributed by atoms with E-state index in [0.29, 0.717) is 33.0 Å². The number of alkyl halides is 3. The molecule has 4 nitrogen and oxygen atoms in total. The number of halogens is 4. The maximum atomic E-state index is 13.4. The third-order valence-corrected chi connectivity index (χ3v) is 6.21. The average molecular weight is 478 g/mol. The Kier molecular flexibility index (Phi) is 5.60. The molecule has 4 aromatic rings. The Balaban J connectivity index is 1.80. The number of fused-ring (bicyclic) bond motifs is 1. The van der Waals surface area contributed by atoms with Crippen LogP contribution in [-0.2, 0) is 16.0 Å². The van der Waals surface area contributed by atoms with Crippen LogP contribution in [0, 0.1) is 0 Å². The van der Waals surface area contributed by atoms with E-state index in [2.05, 4.69) is 4.98 Å². The lowest BCUT2D eigenvalue weighted by Gasteiger charge is -2.14. The van der Waals surface area contributed by atoms with Crippen molar-refractivity contribution in [3.05, 3.63) is 83.5 Å². The number of hydrogen-bond acceptors (Lipinski definition) is 4. The quantitative estimate of drug-likeness (QED) is 0.325. The number of rotatable bonds is 4. The molecule has 1 aromatic heterocycles. The highest BCUT2D eigenvalue weighted by atomic mass is 35.5. The number of pyridine rings is 1. The fourth-order valence-electron chi connectivity index (χ4n) is 3.32. The molecule has 0 amide bonds.